The molecule has 112 valence electrons. The summed E-state index contributed by atoms with van der Waals surface area (Å²) in [7, 11) is 1.62. The summed E-state index contributed by atoms with van der Waals surface area (Å²) in [6.07, 6.45) is 0.936. The van der Waals surface area contributed by atoms with Gasteiger partial charge in [0.25, 0.3) is 5.91 Å². The van der Waals surface area contributed by atoms with Crippen molar-refractivity contribution in [1.29, 1.82) is 0 Å². The van der Waals surface area contributed by atoms with Crippen LogP contribution in [0.2, 0.25) is 0 Å². The Labute approximate surface area is 120 Å². The average Bonchev–Trinajstić information content (AvgIpc) is 2.49. The van der Waals surface area contributed by atoms with E-state index in [4.69, 9.17) is 15.2 Å². The van der Waals surface area contributed by atoms with Crippen molar-refractivity contribution in [2.75, 3.05) is 40.0 Å². The first-order valence-electron chi connectivity index (χ1n) is 6.94. The Morgan fingerprint density at radius 2 is 2.10 bits per heavy atom. The third-order valence-electron chi connectivity index (χ3n) is 2.81. The summed E-state index contributed by atoms with van der Waals surface area (Å²) in [6.45, 7) is 4.67. The number of amides is 1. The van der Waals surface area contributed by atoms with Crippen molar-refractivity contribution in [2.24, 2.45) is 5.73 Å². The van der Waals surface area contributed by atoms with Crippen LogP contribution in [0, 0.1) is 0 Å². The first-order valence-corrected chi connectivity index (χ1v) is 6.94. The first kappa shape index (κ1) is 16.5. The van der Waals surface area contributed by atoms with Crippen molar-refractivity contribution >= 4 is 5.91 Å². The maximum Gasteiger partial charge on any atom is 0.254 e. The Hall–Kier alpha value is -1.59. The summed E-state index contributed by atoms with van der Waals surface area (Å²) in [5, 5.41) is 0. The average molecular weight is 280 g/mol. The van der Waals surface area contributed by atoms with E-state index in [9.17, 15) is 4.79 Å². The summed E-state index contributed by atoms with van der Waals surface area (Å²) >= 11 is 0. The number of methoxy groups -OCH3 is 1. The normalized spacial score (nSPS) is 10.3. The van der Waals surface area contributed by atoms with Crippen molar-refractivity contribution in [1.82, 2.24) is 4.90 Å². The van der Waals surface area contributed by atoms with Gasteiger partial charge in [-0.1, -0.05) is 13.0 Å². The molecule has 0 fully saturated rings. The van der Waals surface area contributed by atoms with Crippen molar-refractivity contribution in [2.45, 2.75) is 13.3 Å². The lowest BCUT2D eigenvalue weighted by Crippen LogP contribution is -2.37. The molecule has 0 aromatic heterocycles. The lowest BCUT2D eigenvalue weighted by Gasteiger charge is -2.22. The van der Waals surface area contributed by atoms with Gasteiger partial charge in [-0.25, -0.2) is 0 Å². The highest BCUT2D eigenvalue weighted by molar-refractivity contribution is 5.94. The van der Waals surface area contributed by atoms with Gasteiger partial charge in [-0.15, -0.1) is 0 Å². The monoisotopic (exact) mass is 280 g/mol. The molecule has 0 aliphatic heterocycles. The van der Waals surface area contributed by atoms with Crippen LogP contribution in [0.4, 0.5) is 0 Å². The minimum atomic E-state index is -0.0468. The van der Waals surface area contributed by atoms with E-state index in [1.165, 1.54) is 0 Å². The fraction of sp³-hybridized carbons (Fsp3) is 0.533. The molecule has 0 atom stereocenters. The van der Waals surface area contributed by atoms with Crippen LogP contribution in [0.1, 0.15) is 23.7 Å². The summed E-state index contributed by atoms with van der Waals surface area (Å²) < 4.78 is 10.6. The van der Waals surface area contributed by atoms with Gasteiger partial charge in [0.05, 0.1) is 13.2 Å². The van der Waals surface area contributed by atoms with Gasteiger partial charge in [0.2, 0.25) is 0 Å². The van der Waals surface area contributed by atoms with E-state index in [1.807, 2.05) is 19.1 Å². The van der Waals surface area contributed by atoms with E-state index in [1.54, 1.807) is 24.1 Å². The number of benzene rings is 1. The molecule has 1 aromatic carbocycles. The third-order valence-corrected chi connectivity index (χ3v) is 2.81. The molecule has 20 heavy (non-hydrogen) atoms. The molecule has 0 saturated heterocycles. The maximum absolute atomic E-state index is 12.4. The number of nitrogens with two attached hydrogens (primary N) is 1. The zero-order chi connectivity index (χ0) is 14.8. The molecule has 1 rings (SSSR count). The fourth-order valence-corrected chi connectivity index (χ4v) is 1.79. The molecule has 0 heterocycles. The second kappa shape index (κ2) is 9.34. The van der Waals surface area contributed by atoms with E-state index in [-0.39, 0.29) is 5.91 Å². The van der Waals surface area contributed by atoms with E-state index in [0.717, 1.165) is 12.2 Å². The van der Waals surface area contributed by atoms with Gasteiger partial charge in [0.15, 0.2) is 0 Å². The Morgan fingerprint density at radius 1 is 1.30 bits per heavy atom. The Morgan fingerprint density at radius 3 is 2.75 bits per heavy atom. The number of hydrogen-bond donors (Lipinski definition) is 1. The molecule has 0 aliphatic carbocycles. The van der Waals surface area contributed by atoms with Gasteiger partial charge >= 0.3 is 0 Å². The number of nitrogens with zero attached hydrogens (tertiary/aromatic N) is 1. The van der Waals surface area contributed by atoms with E-state index in [0.29, 0.717) is 38.4 Å². The molecule has 1 amide bonds. The molecule has 5 heteroatoms. The van der Waals surface area contributed by atoms with Gasteiger partial charge in [0.1, 0.15) is 5.75 Å². The number of carbonyl (C=O) groups excluding carboxylic acids is 1. The van der Waals surface area contributed by atoms with Crippen LogP contribution < -0.4 is 10.5 Å². The molecule has 2 N–H and O–H groups in total. The van der Waals surface area contributed by atoms with Crippen LogP contribution in [0.5, 0.6) is 5.75 Å². The lowest BCUT2D eigenvalue weighted by atomic mass is 10.2. The van der Waals surface area contributed by atoms with Gasteiger partial charge in [-0.3, -0.25) is 4.79 Å². The van der Waals surface area contributed by atoms with E-state index < -0.39 is 0 Å². The zero-order valence-corrected chi connectivity index (χ0v) is 12.3. The maximum atomic E-state index is 12.4. The second-order valence-corrected chi connectivity index (χ2v) is 4.45. The van der Waals surface area contributed by atoms with Crippen LogP contribution in [0.25, 0.3) is 0 Å². The molecule has 0 spiro atoms. The van der Waals surface area contributed by atoms with Crippen molar-refractivity contribution in [3.05, 3.63) is 29.8 Å². The molecule has 0 radical (unpaired) electrons. The minimum Gasteiger partial charge on any atom is -0.494 e. The van der Waals surface area contributed by atoms with Crippen molar-refractivity contribution in [3.8, 4) is 5.75 Å². The summed E-state index contributed by atoms with van der Waals surface area (Å²) in [5.74, 6) is 0.673. The van der Waals surface area contributed by atoms with E-state index in [2.05, 4.69) is 0 Å². The predicted octanol–water partition coefficient (Wildman–Crippen LogP) is 1.52. The third kappa shape index (κ3) is 5.19. The largest absolute Gasteiger partial charge is 0.494 e. The zero-order valence-electron chi connectivity index (χ0n) is 12.3. The summed E-state index contributed by atoms with van der Waals surface area (Å²) in [6, 6.07) is 7.25. The minimum absolute atomic E-state index is 0.0468. The quantitative estimate of drug-likeness (QED) is 0.745. The molecule has 0 saturated carbocycles. The van der Waals surface area contributed by atoms with Gasteiger partial charge in [-0.2, -0.15) is 0 Å². The molecule has 5 nitrogen and oxygen atoms in total. The molecular formula is C15H24N2O3. The molecule has 0 unspecified atom stereocenters. The van der Waals surface area contributed by atoms with Crippen LogP contribution in [0.3, 0.4) is 0 Å². The van der Waals surface area contributed by atoms with Crippen molar-refractivity contribution < 1.29 is 14.3 Å². The van der Waals surface area contributed by atoms with Crippen LogP contribution in [-0.2, 0) is 4.74 Å². The Balaban J connectivity index is 2.76. The van der Waals surface area contributed by atoms with Crippen LogP contribution >= 0.6 is 0 Å². The van der Waals surface area contributed by atoms with E-state index >= 15 is 0 Å². The SMILES string of the molecule is CCCOc1cccc(C(=O)N(CCN)CCOC)c1. The van der Waals surface area contributed by atoms with Gasteiger partial charge < -0.3 is 20.1 Å². The van der Waals surface area contributed by atoms with Crippen LogP contribution in [0.15, 0.2) is 24.3 Å². The first-order chi connectivity index (χ1) is 9.72. The van der Waals surface area contributed by atoms with Gasteiger partial charge in [-0.05, 0) is 24.6 Å². The fourth-order valence-electron chi connectivity index (χ4n) is 1.79. The standard InChI is InChI=1S/C15H24N2O3/c1-3-10-20-14-6-4-5-13(12-14)15(18)17(8-7-16)9-11-19-2/h4-6,12H,3,7-11,16H2,1-2H3. The Bertz CT molecular complexity index is 410. The number of carbonyl (C=O) groups is 1. The van der Waals surface area contributed by atoms with Crippen molar-refractivity contribution in [3.63, 3.8) is 0 Å². The lowest BCUT2D eigenvalue weighted by molar-refractivity contribution is 0.0701. The number of hydrogen-bond acceptors (Lipinski definition) is 4. The molecule has 0 bridgehead atoms. The highest BCUT2D eigenvalue weighted by Crippen LogP contribution is 2.15. The Kier molecular flexibility index (Phi) is 7.69. The highest BCUT2D eigenvalue weighted by Gasteiger charge is 2.15. The summed E-state index contributed by atoms with van der Waals surface area (Å²) in [4.78, 5) is 14.1. The topological polar surface area (TPSA) is 64.8 Å². The number of rotatable bonds is 9. The summed E-state index contributed by atoms with van der Waals surface area (Å²) in [5.41, 5.74) is 6.17. The molecular weight excluding hydrogens is 256 g/mol. The molecule has 1 aromatic rings. The number of ether oxygens (including phenoxy) is 2. The predicted molar refractivity (Wildman–Crippen MR) is 79.1 cm³/mol. The second-order valence-electron chi connectivity index (χ2n) is 4.45. The van der Waals surface area contributed by atoms with Gasteiger partial charge in [0, 0.05) is 32.3 Å². The smallest absolute Gasteiger partial charge is 0.254 e. The van der Waals surface area contributed by atoms with Crippen LogP contribution in [-0.4, -0.2) is 50.8 Å². The highest BCUT2D eigenvalue weighted by atomic mass is 16.5. The molecule has 0 aliphatic rings.